The second kappa shape index (κ2) is 20.8. The highest BCUT2D eigenvalue weighted by Crippen LogP contribution is 2.47. The molecule has 2 heterocycles. The molecule has 12 rings (SSSR count). The van der Waals surface area contributed by atoms with Gasteiger partial charge in [-0.05, 0) is 126 Å². The number of hydrogen-bond acceptors (Lipinski definition) is 3. The zero-order valence-electron chi connectivity index (χ0n) is 42.6. The van der Waals surface area contributed by atoms with Gasteiger partial charge in [-0.1, -0.05) is 207 Å². The van der Waals surface area contributed by atoms with Crippen LogP contribution in [0.15, 0.2) is 274 Å². The van der Waals surface area contributed by atoms with E-state index >= 15 is 0 Å². The number of para-hydroxylation sites is 5. The molecule has 0 radical (unpaired) electrons. The average Bonchev–Trinajstić information content (AvgIpc) is 4.02. The third-order valence-electron chi connectivity index (χ3n) is 14.4. The first-order chi connectivity index (χ1) is 37.5. The van der Waals surface area contributed by atoms with Gasteiger partial charge in [-0.15, -0.1) is 11.3 Å². The smallest absolute Gasteiger partial charge is 0.0619 e. The minimum Gasteiger partial charge on any atom is -0.314 e. The minimum absolute atomic E-state index is 0.882. The Labute approximate surface area is 449 Å². The Hall–Kier alpha value is -9.48. The first-order valence-electron chi connectivity index (χ1n) is 25.8. The predicted molar refractivity (Wildman–Crippen MR) is 330 cm³/mol. The Morgan fingerprint density at radius 2 is 1.04 bits per heavy atom. The van der Waals surface area contributed by atoms with Crippen LogP contribution in [0.4, 0.5) is 22.7 Å². The lowest BCUT2D eigenvalue weighted by molar-refractivity contribution is 1.17. The molecule has 0 amide bonds. The summed E-state index contributed by atoms with van der Waals surface area (Å²) >= 11 is 1.79. The molecule has 0 N–H and O–H groups in total. The third kappa shape index (κ3) is 8.75. The highest BCUT2D eigenvalue weighted by molar-refractivity contribution is 7.20. The van der Waals surface area contributed by atoms with Gasteiger partial charge in [0.2, 0.25) is 0 Å². The number of benzene rings is 10. The van der Waals surface area contributed by atoms with Gasteiger partial charge in [-0.25, -0.2) is 0 Å². The van der Waals surface area contributed by atoms with Crippen molar-refractivity contribution < 1.29 is 0 Å². The largest absolute Gasteiger partial charge is 0.314 e. The monoisotopic (exact) mass is 993 g/mol. The molecule has 0 aliphatic heterocycles. The lowest BCUT2D eigenvalue weighted by Gasteiger charge is -2.30. The van der Waals surface area contributed by atoms with Gasteiger partial charge in [0.25, 0.3) is 0 Å². The fourth-order valence-corrected chi connectivity index (χ4v) is 12.1. The van der Waals surface area contributed by atoms with Crippen molar-refractivity contribution in [3.63, 3.8) is 0 Å². The maximum atomic E-state index is 5.04. The topological polar surface area (TPSA) is 11.4 Å². The van der Waals surface area contributed by atoms with E-state index in [1.807, 2.05) is 6.08 Å². The van der Waals surface area contributed by atoms with E-state index in [2.05, 4.69) is 302 Å². The van der Waals surface area contributed by atoms with Crippen molar-refractivity contribution in [2.45, 2.75) is 13.8 Å². The number of allylic oxidation sites excluding steroid dienone is 2. The molecule has 364 valence electrons. The standard InChI is InChI=1S/C72H55N3S/c1-5-25-63-60(6-2)69(46-45-61(63)54-28-14-8-15-29-54)73(56-30-16-9-17-31-56)50(3)48-67-66-49-55(62-37-24-38-65-64-36-22-23-39-68(64)75(71(62)65)58-34-20-11-21-35-58)42-47-70(66)76-72(67)51(4)74(57-32-18-10-19-33-57)59-43-40-53(41-44-59)52-26-12-7-13-27-52/h5-49H,2,4H2,1,3H3/b25-5-,50-48+. The van der Waals surface area contributed by atoms with Crippen molar-refractivity contribution in [3.8, 4) is 39.1 Å². The van der Waals surface area contributed by atoms with Gasteiger partial charge in [-0.2, -0.15) is 0 Å². The summed E-state index contributed by atoms with van der Waals surface area (Å²) in [5.74, 6) is 0. The van der Waals surface area contributed by atoms with Crippen LogP contribution >= 0.6 is 11.3 Å². The van der Waals surface area contributed by atoms with Gasteiger partial charge < -0.3 is 14.4 Å². The molecular weight excluding hydrogens is 939 g/mol. The molecule has 2 aromatic heterocycles. The third-order valence-corrected chi connectivity index (χ3v) is 15.6. The van der Waals surface area contributed by atoms with E-state index in [4.69, 9.17) is 6.58 Å². The van der Waals surface area contributed by atoms with Crippen LogP contribution in [0, 0.1) is 0 Å². The van der Waals surface area contributed by atoms with Crippen LogP contribution < -0.4 is 9.80 Å². The summed E-state index contributed by atoms with van der Waals surface area (Å²) in [6, 6.07) is 89.1. The number of anilines is 4. The summed E-state index contributed by atoms with van der Waals surface area (Å²) in [6.07, 6.45) is 8.72. The normalized spacial score (nSPS) is 11.7. The number of aromatic nitrogens is 1. The van der Waals surface area contributed by atoms with Crippen LogP contribution in [0.1, 0.15) is 35.4 Å². The molecule has 0 aliphatic carbocycles. The van der Waals surface area contributed by atoms with Crippen molar-refractivity contribution in [2.75, 3.05) is 9.80 Å². The number of hydrogen-bond donors (Lipinski definition) is 0. The maximum Gasteiger partial charge on any atom is 0.0619 e. The number of fused-ring (bicyclic) bond motifs is 4. The van der Waals surface area contributed by atoms with Gasteiger partial charge >= 0.3 is 0 Å². The summed E-state index contributed by atoms with van der Waals surface area (Å²) < 4.78 is 3.60. The lowest BCUT2D eigenvalue weighted by Crippen LogP contribution is -2.17. The number of nitrogens with zero attached hydrogens (tertiary/aromatic N) is 3. The Morgan fingerprint density at radius 3 is 1.71 bits per heavy atom. The molecule has 12 aromatic rings. The molecule has 0 unspecified atom stereocenters. The molecular formula is C72H55N3S. The summed E-state index contributed by atoms with van der Waals surface area (Å²) in [4.78, 5) is 5.77. The van der Waals surface area contributed by atoms with Crippen molar-refractivity contribution >= 4 is 89.9 Å². The molecule has 3 nitrogen and oxygen atoms in total. The Balaban J connectivity index is 1.10. The fourth-order valence-electron chi connectivity index (χ4n) is 10.9. The molecule has 4 heteroatoms. The first kappa shape index (κ1) is 47.5. The summed E-state index contributed by atoms with van der Waals surface area (Å²) in [6.45, 7) is 13.8. The summed E-state index contributed by atoms with van der Waals surface area (Å²) in [7, 11) is 0. The quantitative estimate of drug-likeness (QED) is 0.108. The Bertz CT molecular complexity index is 4130. The molecule has 0 atom stereocenters. The summed E-state index contributed by atoms with van der Waals surface area (Å²) in [5.41, 5.74) is 19.8. The first-order valence-corrected chi connectivity index (χ1v) is 26.7. The SMILES string of the molecule is C=Cc1c(N(/C(C)=C/c2c(C(=C)N(c3ccccc3)c3ccc(-c4ccccc4)cc3)sc3ccc(-c4cccc5c6ccccc6n(-c6ccccc6)c45)cc23)c2ccccc2)ccc(-c2ccccc2)c1/C=C\C. The molecule has 0 aliphatic rings. The fraction of sp³-hybridized carbons (Fsp3) is 0.0278. The molecule has 0 saturated carbocycles. The van der Waals surface area contributed by atoms with Crippen molar-refractivity contribution in [1.29, 1.82) is 0 Å². The summed E-state index contributed by atoms with van der Waals surface area (Å²) in [5, 5.41) is 3.59. The lowest BCUT2D eigenvalue weighted by atomic mass is 9.92. The minimum atomic E-state index is 0.882. The average molecular weight is 994 g/mol. The van der Waals surface area contributed by atoms with E-state index in [-0.39, 0.29) is 0 Å². The molecule has 0 fully saturated rings. The van der Waals surface area contributed by atoms with Gasteiger partial charge in [0.05, 0.1) is 27.3 Å². The Morgan fingerprint density at radius 1 is 0.474 bits per heavy atom. The van der Waals surface area contributed by atoms with Gasteiger partial charge in [0.1, 0.15) is 0 Å². The molecule has 0 saturated heterocycles. The Kier molecular flexibility index (Phi) is 13.0. The van der Waals surface area contributed by atoms with E-state index in [0.717, 1.165) is 89.0 Å². The van der Waals surface area contributed by atoms with Crippen LogP contribution in [0.3, 0.4) is 0 Å². The molecule has 76 heavy (non-hydrogen) atoms. The van der Waals surface area contributed by atoms with Crippen LogP contribution in [-0.4, -0.2) is 4.57 Å². The van der Waals surface area contributed by atoms with Crippen molar-refractivity contribution in [3.05, 3.63) is 295 Å². The zero-order valence-corrected chi connectivity index (χ0v) is 43.5. The van der Waals surface area contributed by atoms with E-state index < -0.39 is 0 Å². The van der Waals surface area contributed by atoms with Crippen LogP contribution in [0.2, 0.25) is 0 Å². The number of rotatable bonds is 14. The second-order valence-electron chi connectivity index (χ2n) is 19.0. The van der Waals surface area contributed by atoms with Crippen LogP contribution in [0.5, 0.6) is 0 Å². The van der Waals surface area contributed by atoms with Gasteiger partial charge in [-0.3, -0.25) is 0 Å². The molecule has 0 spiro atoms. The van der Waals surface area contributed by atoms with Gasteiger partial charge in [0, 0.05) is 66.0 Å². The van der Waals surface area contributed by atoms with Crippen molar-refractivity contribution in [1.82, 2.24) is 4.57 Å². The van der Waals surface area contributed by atoms with Crippen molar-refractivity contribution in [2.24, 2.45) is 0 Å². The van der Waals surface area contributed by atoms with E-state index in [1.165, 1.54) is 37.6 Å². The highest BCUT2D eigenvalue weighted by atomic mass is 32.1. The van der Waals surface area contributed by atoms with Crippen LogP contribution in [0.25, 0.3) is 94.9 Å². The van der Waals surface area contributed by atoms with E-state index in [9.17, 15) is 0 Å². The number of thiophene rings is 1. The maximum absolute atomic E-state index is 5.04. The zero-order chi connectivity index (χ0) is 51.5. The van der Waals surface area contributed by atoms with Crippen LogP contribution in [-0.2, 0) is 0 Å². The van der Waals surface area contributed by atoms with E-state index in [1.54, 1.807) is 11.3 Å². The second-order valence-corrected chi connectivity index (χ2v) is 20.0. The highest BCUT2D eigenvalue weighted by Gasteiger charge is 2.25. The molecule has 0 bridgehead atoms. The predicted octanol–water partition coefficient (Wildman–Crippen LogP) is 20.7. The van der Waals surface area contributed by atoms with Gasteiger partial charge in [0.15, 0.2) is 0 Å². The van der Waals surface area contributed by atoms with E-state index in [0.29, 0.717) is 0 Å². The molecule has 10 aromatic carbocycles.